The third-order valence-electron chi connectivity index (χ3n) is 4.83. The summed E-state index contributed by atoms with van der Waals surface area (Å²) >= 11 is 0. The molecule has 1 atom stereocenters. The smallest absolute Gasteiger partial charge is 0.407 e. The van der Waals surface area contributed by atoms with Gasteiger partial charge in [0, 0.05) is 65.5 Å². The number of hydrogen-bond donors (Lipinski definition) is 4. The molecule has 0 aromatic rings. The van der Waals surface area contributed by atoms with Crippen LogP contribution in [-0.2, 0) is 33.4 Å². The second-order valence-electron chi connectivity index (χ2n) is 8.54. The van der Waals surface area contributed by atoms with E-state index < -0.39 is 18.3 Å². The van der Waals surface area contributed by atoms with Gasteiger partial charge in [-0.15, -0.1) is 0 Å². The number of ketones is 1. The van der Waals surface area contributed by atoms with Gasteiger partial charge in [-0.3, -0.25) is 19.3 Å². The topological polar surface area (TPSA) is 181 Å². The fourth-order valence-corrected chi connectivity index (χ4v) is 2.75. The third-order valence-corrected chi connectivity index (χ3v) is 4.83. The third kappa shape index (κ3) is 22.4. The Morgan fingerprint density at radius 2 is 1.49 bits per heavy atom. The number of carbonyl (C=O) groups is 6. The Balaban J connectivity index is 0. The van der Waals surface area contributed by atoms with E-state index in [-0.39, 0.29) is 42.6 Å². The summed E-state index contributed by atoms with van der Waals surface area (Å²) in [5.74, 6) is -0.104. The van der Waals surface area contributed by atoms with Gasteiger partial charge in [-0.25, -0.2) is 9.59 Å². The summed E-state index contributed by atoms with van der Waals surface area (Å²) < 4.78 is 15.4. The minimum absolute atomic E-state index is 0.0280. The number of Topliss-reactive ketones (excluding diaryl/α,β-unsaturated/α-hetero) is 1. The van der Waals surface area contributed by atoms with E-state index in [4.69, 9.17) is 14.2 Å². The van der Waals surface area contributed by atoms with Crippen LogP contribution in [0.1, 0.15) is 53.9 Å². The number of hydrogen-bond acceptors (Lipinski definition) is 10. The summed E-state index contributed by atoms with van der Waals surface area (Å²) in [6, 6.07) is 0. The van der Waals surface area contributed by atoms with Crippen molar-refractivity contribution in [3.8, 4) is 0 Å². The normalized spacial score (nSPS) is 13.9. The molecule has 1 aliphatic heterocycles. The van der Waals surface area contributed by atoms with Crippen LogP contribution in [0, 0.1) is 5.92 Å². The van der Waals surface area contributed by atoms with Crippen LogP contribution in [0.5, 0.6) is 0 Å². The Morgan fingerprint density at radius 3 is 1.82 bits per heavy atom. The van der Waals surface area contributed by atoms with E-state index in [1.807, 2.05) is 7.05 Å². The Labute approximate surface area is 231 Å². The van der Waals surface area contributed by atoms with Gasteiger partial charge in [0.05, 0.1) is 0 Å². The number of nitrogens with zero attached hydrogens (tertiary/aromatic N) is 1. The highest BCUT2D eigenvalue weighted by Gasteiger charge is 2.32. The summed E-state index contributed by atoms with van der Waals surface area (Å²) in [5.41, 5.74) is 0. The SMILES string of the molecule is CC1CC(=O)N(C)C1=O.CCNC(=O)OCC(COC(=O)NCC)OCCCC(C)=O.CNCCNC(C)=O. The number of imide groups is 1. The zero-order chi connectivity index (χ0) is 30.2. The van der Waals surface area contributed by atoms with E-state index in [2.05, 4.69) is 21.3 Å². The van der Waals surface area contributed by atoms with E-state index in [9.17, 15) is 28.8 Å². The van der Waals surface area contributed by atoms with Gasteiger partial charge in [0.1, 0.15) is 25.1 Å². The number of amides is 5. The predicted molar refractivity (Wildman–Crippen MR) is 144 cm³/mol. The van der Waals surface area contributed by atoms with Gasteiger partial charge >= 0.3 is 12.2 Å². The molecule has 4 N–H and O–H groups in total. The van der Waals surface area contributed by atoms with E-state index in [1.54, 1.807) is 20.8 Å². The lowest BCUT2D eigenvalue weighted by atomic mass is 10.1. The quantitative estimate of drug-likeness (QED) is 0.173. The molecule has 0 aliphatic carbocycles. The lowest BCUT2D eigenvalue weighted by Crippen LogP contribution is -2.34. The maximum absolute atomic E-state index is 11.3. The Morgan fingerprint density at radius 1 is 0.949 bits per heavy atom. The van der Waals surface area contributed by atoms with Crippen LogP contribution in [0.3, 0.4) is 0 Å². The molecule has 14 heteroatoms. The first-order valence-electron chi connectivity index (χ1n) is 13.0. The number of ether oxygens (including phenoxy) is 3. The lowest BCUT2D eigenvalue weighted by molar-refractivity contribution is -0.137. The number of alkyl carbamates (subject to hydrolysis) is 2. The van der Waals surface area contributed by atoms with E-state index in [0.29, 0.717) is 45.5 Å². The van der Waals surface area contributed by atoms with Crippen LogP contribution in [0.25, 0.3) is 0 Å². The van der Waals surface area contributed by atoms with Gasteiger partial charge in [0.2, 0.25) is 17.7 Å². The Bertz CT molecular complexity index is 742. The van der Waals surface area contributed by atoms with Gasteiger partial charge < -0.3 is 40.3 Å². The average molecular weight is 562 g/mol. The molecular weight excluding hydrogens is 514 g/mol. The first-order valence-corrected chi connectivity index (χ1v) is 13.0. The summed E-state index contributed by atoms with van der Waals surface area (Å²) in [6.07, 6.45) is -0.322. The molecule has 14 nitrogen and oxygen atoms in total. The lowest BCUT2D eigenvalue weighted by Gasteiger charge is -2.18. The van der Waals surface area contributed by atoms with Crippen LogP contribution in [0.15, 0.2) is 0 Å². The molecule has 226 valence electrons. The highest BCUT2D eigenvalue weighted by molar-refractivity contribution is 6.02. The fraction of sp³-hybridized carbons (Fsp3) is 0.760. The van der Waals surface area contributed by atoms with Crippen LogP contribution in [0.4, 0.5) is 9.59 Å². The maximum Gasteiger partial charge on any atom is 0.407 e. The highest BCUT2D eigenvalue weighted by Crippen LogP contribution is 2.15. The molecule has 1 saturated heterocycles. The van der Waals surface area contributed by atoms with Crippen LogP contribution in [0.2, 0.25) is 0 Å². The Hall–Kier alpha value is -3.26. The molecule has 0 aromatic heterocycles. The van der Waals surface area contributed by atoms with Crippen molar-refractivity contribution >= 4 is 35.7 Å². The summed E-state index contributed by atoms with van der Waals surface area (Å²) in [5, 5.41) is 10.5. The zero-order valence-electron chi connectivity index (χ0n) is 24.3. The van der Waals surface area contributed by atoms with Crippen molar-refractivity contribution in [2.75, 3.05) is 60.1 Å². The second-order valence-corrected chi connectivity index (χ2v) is 8.54. The monoisotopic (exact) mass is 561 g/mol. The molecule has 0 bridgehead atoms. The first-order chi connectivity index (χ1) is 18.4. The van der Waals surface area contributed by atoms with Gasteiger partial charge in [-0.1, -0.05) is 6.92 Å². The van der Waals surface area contributed by atoms with E-state index >= 15 is 0 Å². The van der Waals surface area contributed by atoms with Gasteiger partial charge in [-0.05, 0) is 34.2 Å². The minimum Gasteiger partial charge on any atom is -0.447 e. The van der Waals surface area contributed by atoms with Crippen LogP contribution >= 0.6 is 0 Å². The van der Waals surface area contributed by atoms with Crippen molar-refractivity contribution in [1.82, 2.24) is 26.2 Å². The number of carbonyl (C=O) groups excluding carboxylic acids is 6. The Kier molecular flexibility index (Phi) is 23.1. The fourth-order valence-electron chi connectivity index (χ4n) is 2.75. The molecular formula is C25H47N5O9. The number of nitrogens with one attached hydrogen (secondary N) is 4. The van der Waals surface area contributed by atoms with Crippen molar-refractivity contribution in [3.63, 3.8) is 0 Å². The molecule has 1 heterocycles. The molecule has 39 heavy (non-hydrogen) atoms. The number of likely N-dealkylation sites (tertiary alicyclic amines) is 1. The summed E-state index contributed by atoms with van der Waals surface area (Å²) in [7, 11) is 3.37. The van der Waals surface area contributed by atoms with E-state index in [1.165, 1.54) is 25.8 Å². The first kappa shape index (κ1) is 37.9. The molecule has 0 aromatic carbocycles. The van der Waals surface area contributed by atoms with Crippen molar-refractivity contribution in [2.24, 2.45) is 5.92 Å². The van der Waals surface area contributed by atoms with Gasteiger partial charge in [-0.2, -0.15) is 0 Å². The zero-order valence-corrected chi connectivity index (χ0v) is 24.3. The van der Waals surface area contributed by atoms with Gasteiger partial charge in [0.25, 0.3) is 0 Å². The number of likely N-dealkylation sites (N-methyl/N-ethyl adjacent to an activating group) is 1. The standard InChI is InChI=1S/C14H26N2O6.C6H9NO2.C5H12N2O/c1-4-15-13(18)21-9-12(10-22-14(19)16-5-2)20-8-6-7-11(3)17;1-4-3-5(8)7(2)6(4)9;1-5(8)7-4-3-6-2/h12H,4-10H2,1-3H3,(H,15,18)(H,16,19);4H,3H2,1-2H3;6H,3-4H2,1-2H3,(H,7,8). The molecule has 1 unspecified atom stereocenters. The van der Waals surface area contributed by atoms with Crippen molar-refractivity contribution < 1.29 is 43.0 Å². The largest absolute Gasteiger partial charge is 0.447 e. The molecule has 5 amide bonds. The molecule has 0 saturated carbocycles. The van der Waals surface area contributed by atoms with Crippen molar-refractivity contribution in [2.45, 2.75) is 60.0 Å². The minimum atomic E-state index is -0.572. The number of rotatable bonds is 14. The summed E-state index contributed by atoms with van der Waals surface area (Å²) in [6.45, 7) is 11.0. The van der Waals surface area contributed by atoms with Crippen LogP contribution in [-0.4, -0.2) is 107 Å². The van der Waals surface area contributed by atoms with E-state index in [0.717, 1.165) is 6.54 Å². The molecule has 1 fully saturated rings. The molecule has 1 aliphatic rings. The molecule has 0 radical (unpaired) electrons. The van der Waals surface area contributed by atoms with Crippen molar-refractivity contribution in [1.29, 1.82) is 0 Å². The second kappa shape index (κ2) is 23.8. The van der Waals surface area contributed by atoms with Crippen LogP contribution < -0.4 is 21.3 Å². The highest BCUT2D eigenvalue weighted by atomic mass is 16.6. The molecule has 1 rings (SSSR count). The van der Waals surface area contributed by atoms with Crippen molar-refractivity contribution in [3.05, 3.63) is 0 Å². The maximum atomic E-state index is 11.3. The average Bonchev–Trinajstić information content (AvgIpc) is 3.09. The molecule has 0 spiro atoms. The van der Waals surface area contributed by atoms with Gasteiger partial charge in [0.15, 0.2) is 0 Å². The predicted octanol–water partition coefficient (Wildman–Crippen LogP) is 0.586. The summed E-state index contributed by atoms with van der Waals surface area (Å²) in [4.78, 5) is 66.2.